The zero-order valence-corrected chi connectivity index (χ0v) is 14.5. The summed E-state index contributed by atoms with van der Waals surface area (Å²) >= 11 is 0. The number of rotatable bonds is 4. The van der Waals surface area contributed by atoms with E-state index in [0.29, 0.717) is 6.04 Å². The van der Waals surface area contributed by atoms with Crippen LogP contribution in [0.15, 0.2) is 18.7 Å². The Kier molecular flexibility index (Phi) is 5.64. The monoisotopic (exact) mass is 323 g/mol. The van der Waals surface area contributed by atoms with Crippen LogP contribution < -0.4 is 0 Å². The molecule has 1 unspecified atom stereocenters. The molecule has 122 valence electrons. The molecule has 5 nitrogen and oxygen atoms in total. The average molecular weight is 324 g/mol. The lowest BCUT2D eigenvalue weighted by atomic mass is 10.1. The minimum absolute atomic E-state index is 0. The van der Waals surface area contributed by atoms with E-state index in [-0.39, 0.29) is 12.4 Å². The minimum atomic E-state index is 0. The number of nitrogens with zero attached hydrogens (tertiary/aromatic N) is 5. The molecule has 0 bridgehead atoms. The van der Waals surface area contributed by atoms with Crippen LogP contribution in [0, 0.1) is 6.92 Å². The summed E-state index contributed by atoms with van der Waals surface area (Å²) in [6.07, 6.45) is 10.0. The summed E-state index contributed by atoms with van der Waals surface area (Å²) in [5.41, 5.74) is 3.41. The predicted octanol–water partition coefficient (Wildman–Crippen LogP) is 2.89. The van der Waals surface area contributed by atoms with Crippen molar-refractivity contribution >= 4 is 12.4 Å². The van der Waals surface area contributed by atoms with Crippen LogP contribution in [0.1, 0.15) is 31.9 Å². The first-order chi connectivity index (χ1) is 10.1. The third-order valence-corrected chi connectivity index (χ3v) is 4.48. The zero-order valence-electron chi connectivity index (χ0n) is 13.7. The lowest BCUT2D eigenvalue weighted by molar-refractivity contribution is 0.160. The third kappa shape index (κ3) is 3.52. The van der Waals surface area contributed by atoms with Gasteiger partial charge < -0.3 is 4.57 Å². The molecular weight excluding hydrogens is 298 g/mol. The highest BCUT2D eigenvalue weighted by atomic mass is 35.5. The summed E-state index contributed by atoms with van der Waals surface area (Å²) in [4.78, 5) is 6.96. The molecule has 2 aromatic rings. The van der Waals surface area contributed by atoms with Gasteiger partial charge in [0.25, 0.3) is 0 Å². The van der Waals surface area contributed by atoms with Crippen LogP contribution in [0.5, 0.6) is 0 Å². The van der Waals surface area contributed by atoms with Crippen LogP contribution in [-0.4, -0.2) is 43.4 Å². The molecule has 0 saturated carbocycles. The molecule has 1 saturated heterocycles. The number of piperidine rings is 1. The van der Waals surface area contributed by atoms with E-state index in [2.05, 4.69) is 39.6 Å². The van der Waals surface area contributed by atoms with Gasteiger partial charge in [-0.1, -0.05) is 6.42 Å². The molecule has 1 aliphatic heterocycles. The van der Waals surface area contributed by atoms with E-state index in [4.69, 9.17) is 0 Å². The van der Waals surface area contributed by atoms with Crippen LogP contribution in [0.4, 0.5) is 0 Å². The van der Waals surface area contributed by atoms with Gasteiger partial charge in [-0.25, -0.2) is 4.98 Å². The Hall–Kier alpha value is -1.33. The highest BCUT2D eigenvalue weighted by Gasteiger charge is 2.19. The van der Waals surface area contributed by atoms with Crippen molar-refractivity contribution in [2.24, 2.45) is 7.05 Å². The molecule has 0 aromatic carbocycles. The van der Waals surface area contributed by atoms with Crippen LogP contribution >= 0.6 is 12.4 Å². The first kappa shape index (κ1) is 17.0. The number of hydrogen-bond donors (Lipinski definition) is 0. The summed E-state index contributed by atoms with van der Waals surface area (Å²) in [7, 11) is 1.97. The smallest absolute Gasteiger partial charge is 0.0951 e. The first-order valence-corrected chi connectivity index (χ1v) is 7.90. The Labute approximate surface area is 138 Å². The van der Waals surface area contributed by atoms with Crippen molar-refractivity contribution in [2.75, 3.05) is 13.1 Å². The van der Waals surface area contributed by atoms with Gasteiger partial charge >= 0.3 is 0 Å². The molecule has 3 rings (SSSR count). The molecule has 2 aromatic heterocycles. The number of aryl methyl sites for hydroxylation is 2. The Bertz CT molecular complexity index is 597. The standard InChI is InChI=1S/C16H25N5.ClH/c1-13(20-7-5-4-6-8-20)10-21-12-17-9-16(21)15-11-19(3)18-14(15)2;/h9,11-13H,4-8,10H2,1-3H3;1H. The fourth-order valence-corrected chi connectivity index (χ4v) is 3.30. The van der Waals surface area contributed by atoms with Crippen LogP contribution in [0.25, 0.3) is 11.3 Å². The van der Waals surface area contributed by atoms with Gasteiger partial charge in [-0.15, -0.1) is 12.4 Å². The maximum atomic E-state index is 4.44. The molecule has 1 aliphatic rings. The molecule has 0 amide bonds. The summed E-state index contributed by atoms with van der Waals surface area (Å²) < 4.78 is 4.14. The molecule has 1 atom stereocenters. The maximum absolute atomic E-state index is 4.44. The van der Waals surface area contributed by atoms with Gasteiger partial charge in [0.15, 0.2) is 0 Å². The molecule has 22 heavy (non-hydrogen) atoms. The van der Waals surface area contributed by atoms with Crippen molar-refractivity contribution in [3.8, 4) is 11.3 Å². The molecule has 0 aliphatic carbocycles. The molecule has 3 heterocycles. The number of likely N-dealkylation sites (tertiary alicyclic amines) is 1. The molecule has 6 heteroatoms. The van der Waals surface area contributed by atoms with Crippen molar-refractivity contribution in [3.63, 3.8) is 0 Å². The van der Waals surface area contributed by atoms with Crippen LogP contribution in [-0.2, 0) is 13.6 Å². The Morgan fingerprint density at radius 3 is 2.59 bits per heavy atom. The van der Waals surface area contributed by atoms with Gasteiger partial charge in [-0.3, -0.25) is 9.58 Å². The van der Waals surface area contributed by atoms with E-state index < -0.39 is 0 Å². The number of imidazole rings is 1. The quantitative estimate of drug-likeness (QED) is 0.868. The second-order valence-electron chi connectivity index (χ2n) is 6.18. The van der Waals surface area contributed by atoms with Gasteiger partial charge in [0.1, 0.15) is 0 Å². The zero-order chi connectivity index (χ0) is 14.8. The molecule has 1 fully saturated rings. The topological polar surface area (TPSA) is 38.9 Å². The van der Waals surface area contributed by atoms with Crippen LogP contribution in [0.3, 0.4) is 0 Å². The van der Waals surface area contributed by atoms with E-state index >= 15 is 0 Å². The Morgan fingerprint density at radius 1 is 1.23 bits per heavy atom. The SMILES string of the molecule is Cc1nn(C)cc1-c1cncn1CC(C)N1CCCCC1.Cl. The maximum Gasteiger partial charge on any atom is 0.0951 e. The summed E-state index contributed by atoms with van der Waals surface area (Å²) in [5.74, 6) is 0. The van der Waals surface area contributed by atoms with Crippen LogP contribution in [0.2, 0.25) is 0 Å². The Balaban J connectivity index is 0.00000176. The third-order valence-electron chi connectivity index (χ3n) is 4.48. The largest absolute Gasteiger partial charge is 0.329 e. The van der Waals surface area contributed by atoms with E-state index in [1.165, 1.54) is 43.6 Å². The van der Waals surface area contributed by atoms with Gasteiger partial charge in [0.05, 0.1) is 23.9 Å². The molecule has 0 spiro atoms. The second kappa shape index (κ2) is 7.29. The van der Waals surface area contributed by atoms with Crippen molar-refractivity contribution < 1.29 is 0 Å². The fraction of sp³-hybridized carbons (Fsp3) is 0.625. The normalized spacial score (nSPS) is 17.2. The van der Waals surface area contributed by atoms with E-state index in [0.717, 1.165) is 12.2 Å². The molecular formula is C16H26ClN5. The van der Waals surface area contributed by atoms with Crippen molar-refractivity contribution in [3.05, 3.63) is 24.4 Å². The van der Waals surface area contributed by atoms with Crippen molar-refractivity contribution in [1.82, 2.24) is 24.2 Å². The lowest BCUT2D eigenvalue weighted by Crippen LogP contribution is -2.39. The number of aromatic nitrogens is 4. The van der Waals surface area contributed by atoms with E-state index in [1.807, 2.05) is 24.3 Å². The first-order valence-electron chi connectivity index (χ1n) is 7.90. The molecule has 0 N–H and O–H groups in total. The summed E-state index contributed by atoms with van der Waals surface area (Å²) in [6.45, 7) is 7.84. The van der Waals surface area contributed by atoms with Crippen molar-refractivity contribution in [1.29, 1.82) is 0 Å². The summed E-state index contributed by atoms with van der Waals surface area (Å²) in [6, 6.07) is 0.551. The lowest BCUT2D eigenvalue weighted by Gasteiger charge is -2.32. The van der Waals surface area contributed by atoms with Gasteiger partial charge in [0, 0.05) is 31.4 Å². The minimum Gasteiger partial charge on any atom is -0.329 e. The fourth-order valence-electron chi connectivity index (χ4n) is 3.30. The average Bonchev–Trinajstić information content (AvgIpc) is 3.05. The highest BCUT2D eigenvalue weighted by molar-refractivity contribution is 5.85. The van der Waals surface area contributed by atoms with Gasteiger partial charge in [-0.2, -0.15) is 5.10 Å². The van der Waals surface area contributed by atoms with Gasteiger partial charge in [-0.05, 0) is 39.8 Å². The van der Waals surface area contributed by atoms with E-state index in [9.17, 15) is 0 Å². The number of halogens is 1. The van der Waals surface area contributed by atoms with E-state index in [1.54, 1.807) is 0 Å². The van der Waals surface area contributed by atoms with Gasteiger partial charge in [0.2, 0.25) is 0 Å². The Morgan fingerprint density at radius 2 is 1.95 bits per heavy atom. The van der Waals surface area contributed by atoms with Crippen molar-refractivity contribution in [2.45, 2.75) is 45.7 Å². The summed E-state index contributed by atoms with van der Waals surface area (Å²) in [5, 5.41) is 4.44. The molecule has 0 radical (unpaired) electrons. The predicted molar refractivity (Wildman–Crippen MR) is 91.3 cm³/mol. The second-order valence-corrected chi connectivity index (χ2v) is 6.18. The highest BCUT2D eigenvalue weighted by Crippen LogP contribution is 2.23. The number of hydrogen-bond acceptors (Lipinski definition) is 3.